The van der Waals surface area contributed by atoms with E-state index in [9.17, 15) is 9.59 Å². The largest absolute Gasteiger partial charge is 0.481 e. The minimum Gasteiger partial charge on any atom is -0.481 e. The molecule has 1 rings (SSSR count). The highest BCUT2D eigenvalue weighted by Crippen LogP contribution is 2.14. The Labute approximate surface area is 119 Å². The molecule has 0 aromatic carbocycles. The van der Waals surface area contributed by atoms with Gasteiger partial charge in [-0.1, -0.05) is 19.9 Å². The van der Waals surface area contributed by atoms with Crippen molar-refractivity contribution in [3.8, 4) is 0 Å². The predicted octanol–water partition coefficient (Wildman–Crippen LogP) is 1.88. The summed E-state index contributed by atoms with van der Waals surface area (Å²) in [5, 5.41) is 11.7. The summed E-state index contributed by atoms with van der Waals surface area (Å²) in [4.78, 5) is 26.7. The van der Waals surface area contributed by atoms with E-state index in [-0.39, 0.29) is 24.7 Å². The van der Waals surface area contributed by atoms with Crippen molar-refractivity contribution < 1.29 is 14.7 Å². The van der Waals surface area contributed by atoms with Gasteiger partial charge >= 0.3 is 5.97 Å². The Hall–Kier alpha value is -1.91. The number of carbonyl (C=O) groups is 2. The number of carbonyl (C=O) groups excluding carboxylic acids is 1. The third-order valence-electron chi connectivity index (χ3n) is 2.92. The van der Waals surface area contributed by atoms with Crippen LogP contribution in [0.25, 0.3) is 0 Å². The maximum absolute atomic E-state index is 11.8. The van der Waals surface area contributed by atoms with Gasteiger partial charge in [-0.25, -0.2) is 0 Å². The van der Waals surface area contributed by atoms with Crippen LogP contribution >= 0.6 is 0 Å². The number of nitrogens with one attached hydrogen (secondary N) is 1. The van der Waals surface area contributed by atoms with E-state index in [1.54, 1.807) is 18.3 Å². The average molecular weight is 278 g/mol. The molecule has 0 spiro atoms. The fraction of sp³-hybridized carbons (Fsp3) is 0.533. The molecular formula is C15H22N2O3. The normalized spacial score (nSPS) is 12.2. The van der Waals surface area contributed by atoms with E-state index in [1.807, 2.05) is 19.9 Å². The van der Waals surface area contributed by atoms with Crippen molar-refractivity contribution in [1.82, 2.24) is 10.3 Å². The highest BCUT2D eigenvalue weighted by Gasteiger charge is 2.16. The molecule has 0 radical (unpaired) electrons. The van der Waals surface area contributed by atoms with Gasteiger partial charge in [0, 0.05) is 24.9 Å². The summed E-state index contributed by atoms with van der Waals surface area (Å²) in [6.07, 6.45) is 2.75. The summed E-state index contributed by atoms with van der Waals surface area (Å²) in [6.45, 7) is 4.49. The first-order valence-electron chi connectivity index (χ1n) is 6.85. The van der Waals surface area contributed by atoms with Crippen molar-refractivity contribution in [2.24, 2.45) is 11.8 Å². The van der Waals surface area contributed by atoms with E-state index in [0.29, 0.717) is 18.2 Å². The zero-order valence-electron chi connectivity index (χ0n) is 12.0. The van der Waals surface area contributed by atoms with E-state index in [0.717, 1.165) is 6.42 Å². The lowest BCUT2D eigenvalue weighted by Crippen LogP contribution is -2.32. The summed E-state index contributed by atoms with van der Waals surface area (Å²) >= 11 is 0. The summed E-state index contributed by atoms with van der Waals surface area (Å²) in [7, 11) is 0. The molecule has 1 aromatic rings. The van der Waals surface area contributed by atoms with Crippen LogP contribution in [-0.4, -0.2) is 28.5 Å². The van der Waals surface area contributed by atoms with Gasteiger partial charge in [-0.3, -0.25) is 14.6 Å². The van der Waals surface area contributed by atoms with Gasteiger partial charge in [0.1, 0.15) is 0 Å². The van der Waals surface area contributed by atoms with Gasteiger partial charge in [-0.05, 0) is 30.4 Å². The first-order valence-corrected chi connectivity index (χ1v) is 6.85. The van der Waals surface area contributed by atoms with Gasteiger partial charge in [0.05, 0.1) is 6.42 Å². The Bertz CT molecular complexity index is 432. The van der Waals surface area contributed by atoms with E-state index in [2.05, 4.69) is 10.3 Å². The molecule has 5 nitrogen and oxygen atoms in total. The van der Waals surface area contributed by atoms with Gasteiger partial charge in [0.25, 0.3) is 0 Å². The predicted molar refractivity (Wildman–Crippen MR) is 76.1 cm³/mol. The lowest BCUT2D eigenvalue weighted by Gasteiger charge is -2.17. The highest BCUT2D eigenvalue weighted by molar-refractivity contribution is 5.78. The quantitative estimate of drug-likeness (QED) is 0.761. The molecule has 20 heavy (non-hydrogen) atoms. The second kappa shape index (κ2) is 8.30. The summed E-state index contributed by atoms with van der Waals surface area (Å²) in [5.41, 5.74) is 0.712. The highest BCUT2D eigenvalue weighted by atomic mass is 16.4. The molecule has 0 saturated heterocycles. The van der Waals surface area contributed by atoms with Crippen LogP contribution in [0.2, 0.25) is 0 Å². The first-order chi connectivity index (χ1) is 9.47. The Morgan fingerprint density at radius 3 is 2.65 bits per heavy atom. The molecule has 0 bridgehead atoms. The third kappa shape index (κ3) is 6.87. The fourth-order valence-electron chi connectivity index (χ4n) is 2.14. The van der Waals surface area contributed by atoms with Gasteiger partial charge in [0.15, 0.2) is 0 Å². The number of aromatic nitrogens is 1. The number of aliphatic carboxylic acids is 1. The van der Waals surface area contributed by atoms with Crippen molar-refractivity contribution in [2.75, 3.05) is 6.54 Å². The van der Waals surface area contributed by atoms with Gasteiger partial charge in [0.2, 0.25) is 5.91 Å². The number of amides is 1. The molecule has 0 aliphatic heterocycles. The van der Waals surface area contributed by atoms with Gasteiger partial charge in [-0.15, -0.1) is 0 Å². The van der Waals surface area contributed by atoms with Crippen LogP contribution in [-0.2, 0) is 16.0 Å². The topological polar surface area (TPSA) is 79.3 Å². The molecule has 110 valence electrons. The summed E-state index contributed by atoms with van der Waals surface area (Å²) in [5.74, 6) is -0.565. The molecule has 1 atom stereocenters. The SMILES string of the molecule is CC(C)CC(CNC(=O)Cc1ccccn1)CC(=O)O. The third-order valence-corrected chi connectivity index (χ3v) is 2.92. The van der Waals surface area contributed by atoms with Crippen molar-refractivity contribution in [3.63, 3.8) is 0 Å². The van der Waals surface area contributed by atoms with Gasteiger partial charge < -0.3 is 10.4 Å². The summed E-state index contributed by atoms with van der Waals surface area (Å²) in [6, 6.07) is 5.43. The van der Waals surface area contributed by atoms with E-state index < -0.39 is 5.97 Å². The number of carboxylic acid groups (broad SMARTS) is 1. The fourth-order valence-corrected chi connectivity index (χ4v) is 2.14. The minimum absolute atomic E-state index is 0.0276. The standard InChI is InChI=1S/C15H22N2O3/c1-11(2)7-12(8-15(19)20)10-17-14(18)9-13-5-3-4-6-16-13/h3-6,11-12H,7-10H2,1-2H3,(H,17,18)(H,19,20). The maximum atomic E-state index is 11.8. The maximum Gasteiger partial charge on any atom is 0.303 e. The second-order valence-electron chi connectivity index (χ2n) is 5.40. The molecule has 0 saturated carbocycles. The number of carboxylic acids is 1. The monoisotopic (exact) mass is 278 g/mol. The molecule has 2 N–H and O–H groups in total. The number of nitrogens with zero attached hydrogens (tertiary/aromatic N) is 1. The van der Waals surface area contributed by atoms with Crippen molar-refractivity contribution in [1.29, 1.82) is 0 Å². The Morgan fingerprint density at radius 2 is 2.10 bits per heavy atom. The zero-order valence-corrected chi connectivity index (χ0v) is 12.0. The van der Waals surface area contributed by atoms with Crippen LogP contribution in [0.5, 0.6) is 0 Å². The Kier molecular flexibility index (Phi) is 6.70. The van der Waals surface area contributed by atoms with E-state index >= 15 is 0 Å². The number of rotatable bonds is 8. The second-order valence-corrected chi connectivity index (χ2v) is 5.40. The molecule has 1 unspecified atom stereocenters. The Morgan fingerprint density at radius 1 is 1.35 bits per heavy atom. The van der Waals surface area contributed by atoms with Crippen LogP contribution < -0.4 is 5.32 Å². The van der Waals surface area contributed by atoms with E-state index in [4.69, 9.17) is 5.11 Å². The van der Waals surface area contributed by atoms with E-state index in [1.165, 1.54) is 0 Å². The number of hydrogen-bond acceptors (Lipinski definition) is 3. The zero-order chi connectivity index (χ0) is 15.0. The smallest absolute Gasteiger partial charge is 0.303 e. The number of pyridine rings is 1. The van der Waals surface area contributed by atoms with Crippen LogP contribution in [0, 0.1) is 11.8 Å². The van der Waals surface area contributed by atoms with Crippen LogP contribution in [0.4, 0.5) is 0 Å². The first kappa shape index (κ1) is 16.1. The Balaban J connectivity index is 2.41. The van der Waals surface area contributed by atoms with Gasteiger partial charge in [-0.2, -0.15) is 0 Å². The van der Waals surface area contributed by atoms with Crippen LogP contribution in [0.15, 0.2) is 24.4 Å². The molecule has 0 aliphatic carbocycles. The lowest BCUT2D eigenvalue weighted by molar-refractivity contribution is -0.138. The molecular weight excluding hydrogens is 256 g/mol. The number of hydrogen-bond donors (Lipinski definition) is 2. The molecule has 1 heterocycles. The summed E-state index contributed by atoms with van der Waals surface area (Å²) < 4.78 is 0. The molecule has 0 aliphatic rings. The molecule has 0 fully saturated rings. The molecule has 1 amide bonds. The van der Waals surface area contributed by atoms with Crippen molar-refractivity contribution in [2.45, 2.75) is 33.1 Å². The van der Waals surface area contributed by atoms with Crippen molar-refractivity contribution >= 4 is 11.9 Å². The van der Waals surface area contributed by atoms with Crippen LogP contribution in [0.3, 0.4) is 0 Å². The minimum atomic E-state index is -0.824. The molecule has 1 aromatic heterocycles. The van der Waals surface area contributed by atoms with Crippen molar-refractivity contribution in [3.05, 3.63) is 30.1 Å². The average Bonchev–Trinajstić information content (AvgIpc) is 2.36. The molecule has 5 heteroatoms. The van der Waals surface area contributed by atoms with Crippen LogP contribution in [0.1, 0.15) is 32.4 Å². The lowest BCUT2D eigenvalue weighted by atomic mass is 9.94.